The summed E-state index contributed by atoms with van der Waals surface area (Å²) in [5.41, 5.74) is 5.65. The molecule has 0 saturated carbocycles. The molecular formula is C19H23BN. The maximum absolute atomic E-state index is 2.48. The number of benzene rings is 2. The van der Waals surface area contributed by atoms with Crippen LogP contribution in [0.15, 0.2) is 48.5 Å². The van der Waals surface area contributed by atoms with Crippen LogP contribution in [0.5, 0.6) is 0 Å². The van der Waals surface area contributed by atoms with Gasteiger partial charge in [0.15, 0.2) is 0 Å². The zero-order valence-corrected chi connectivity index (χ0v) is 13.4. The molecule has 0 bridgehead atoms. The van der Waals surface area contributed by atoms with Crippen LogP contribution in [0.2, 0.25) is 0 Å². The fraction of sp³-hybridized carbons (Fsp3) is 0.368. The van der Waals surface area contributed by atoms with Crippen molar-refractivity contribution in [1.82, 2.24) is 4.81 Å². The molecule has 0 atom stereocenters. The molecule has 1 aliphatic carbocycles. The van der Waals surface area contributed by atoms with Crippen molar-refractivity contribution in [3.05, 3.63) is 59.7 Å². The second-order valence-electron chi connectivity index (χ2n) is 6.44. The summed E-state index contributed by atoms with van der Waals surface area (Å²) in [5, 5.41) is 0. The van der Waals surface area contributed by atoms with Crippen LogP contribution in [-0.4, -0.2) is 24.3 Å². The number of fused-ring (bicyclic) bond motifs is 3. The van der Waals surface area contributed by atoms with Crippen molar-refractivity contribution >= 4 is 7.41 Å². The van der Waals surface area contributed by atoms with E-state index in [9.17, 15) is 0 Å². The van der Waals surface area contributed by atoms with Gasteiger partial charge in [0.2, 0.25) is 7.41 Å². The molecule has 0 aliphatic heterocycles. The molecule has 1 radical (unpaired) electrons. The average molecular weight is 276 g/mol. The van der Waals surface area contributed by atoms with Gasteiger partial charge in [-0.2, -0.15) is 0 Å². The summed E-state index contributed by atoms with van der Waals surface area (Å²) in [5.74, 6) is 0.377. The first kappa shape index (κ1) is 14.4. The molecule has 0 aromatic heterocycles. The summed E-state index contributed by atoms with van der Waals surface area (Å²) in [4.78, 5) is 2.48. The molecule has 21 heavy (non-hydrogen) atoms. The molecule has 0 spiro atoms. The largest absolute Gasteiger partial charge is 0.341 e. The third kappa shape index (κ3) is 2.53. The summed E-state index contributed by atoms with van der Waals surface area (Å²) in [6.45, 7) is 9.07. The Bertz CT molecular complexity index is 579. The van der Waals surface area contributed by atoms with Crippen LogP contribution in [0.3, 0.4) is 0 Å². The van der Waals surface area contributed by atoms with Gasteiger partial charge < -0.3 is 4.81 Å². The highest BCUT2D eigenvalue weighted by Gasteiger charge is 2.31. The van der Waals surface area contributed by atoms with Crippen molar-refractivity contribution in [2.75, 3.05) is 0 Å². The fourth-order valence-electron chi connectivity index (χ4n) is 3.47. The zero-order chi connectivity index (χ0) is 15.0. The molecule has 0 heterocycles. The lowest BCUT2D eigenvalue weighted by Gasteiger charge is -2.32. The molecule has 2 aromatic carbocycles. The minimum atomic E-state index is 0.377. The third-order valence-electron chi connectivity index (χ3n) is 4.40. The molecule has 0 fully saturated rings. The summed E-state index contributed by atoms with van der Waals surface area (Å²) in [6, 6.07) is 18.7. The minimum Gasteiger partial charge on any atom is -0.341 e. The van der Waals surface area contributed by atoms with Crippen LogP contribution in [-0.2, 0) is 0 Å². The highest BCUT2D eigenvalue weighted by atomic mass is 15.1. The first-order valence-electron chi connectivity index (χ1n) is 7.90. The van der Waals surface area contributed by atoms with E-state index in [4.69, 9.17) is 0 Å². The quantitative estimate of drug-likeness (QED) is 0.743. The maximum Gasteiger partial charge on any atom is 0.221 e. The molecular weight excluding hydrogens is 253 g/mol. The molecule has 2 aromatic rings. The van der Waals surface area contributed by atoms with Gasteiger partial charge in [0.1, 0.15) is 0 Å². The van der Waals surface area contributed by atoms with Crippen molar-refractivity contribution in [2.24, 2.45) is 0 Å². The van der Waals surface area contributed by atoms with Crippen LogP contribution < -0.4 is 0 Å². The van der Waals surface area contributed by atoms with E-state index < -0.39 is 0 Å². The standard InChI is InChI=1S/C19H23BN/c1-13(2)21(14(3)4)20-19-17-11-7-5-9-15(17)16-10-6-8-12-18(16)19/h5-14,19H,1-4H3. The Morgan fingerprint density at radius 3 is 1.62 bits per heavy atom. The van der Waals surface area contributed by atoms with Gasteiger partial charge in [0, 0.05) is 0 Å². The van der Waals surface area contributed by atoms with Gasteiger partial charge in [-0.1, -0.05) is 76.2 Å². The van der Waals surface area contributed by atoms with Gasteiger partial charge in [-0.3, -0.25) is 0 Å². The van der Waals surface area contributed by atoms with Crippen molar-refractivity contribution in [1.29, 1.82) is 0 Å². The van der Waals surface area contributed by atoms with Crippen LogP contribution in [0, 0.1) is 0 Å². The van der Waals surface area contributed by atoms with Gasteiger partial charge in [-0.25, -0.2) is 0 Å². The Hall–Kier alpha value is -1.54. The van der Waals surface area contributed by atoms with Crippen LogP contribution in [0.1, 0.15) is 44.6 Å². The lowest BCUT2D eigenvalue weighted by atomic mass is 9.67. The molecule has 1 aliphatic rings. The Balaban J connectivity index is 2.02. The normalized spacial score (nSPS) is 13.9. The van der Waals surface area contributed by atoms with E-state index in [1.54, 1.807) is 0 Å². The van der Waals surface area contributed by atoms with E-state index in [1.807, 2.05) is 0 Å². The van der Waals surface area contributed by atoms with E-state index in [0.717, 1.165) is 0 Å². The fourth-order valence-corrected chi connectivity index (χ4v) is 3.47. The lowest BCUT2D eigenvalue weighted by molar-refractivity contribution is 0.309. The molecule has 0 unspecified atom stereocenters. The predicted molar refractivity (Wildman–Crippen MR) is 91.6 cm³/mol. The van der Waals surface area contributed by atoms with Gasteiger partial charge in [0.05, 0.1) is 0 Å². The second-order valence-corrected chi connectivity index (χ2v) is 6.44. The van der Waals surface area contributed by atoms with E-state index in [2.05, 4.69) is 88.5 Å². The van der Waals surface area contributed by atoms with Crippen molar-refractivity contribution in [3.8, 4) is 11.1 Å². The monoisotopic (exact) mass is 276 g/mol. The Morgan fingerprint density at radius 2 is 1.19 bits per heavy atom. The highest BCUT2D eigenvalue weighted by molar-refractivity contribution is 6.37. The van der Waals surface area contributed by atoms with Crippen LogP contribution >= 0.6 is 0 Å². The van der Waals surface area contributed by atoms with E-state index in [1.165, 1.54) is 22.3 Å². The van der Waals surface area contributed by atoms with E-state index >= 15 is 0 Å². The first-order valence-corrected chi connectivity index (χ1v) is 7.90. The maximum atomic E-state index is 2.48. The highest BCUT2D eigenvalue weighted by Crippen LogP contribution is 2.44. The average Bonchev–Trinajstić information content (AvgIpc) is 2.78. The van der Waals surface area contributed by atoms with Crippen molar-refractivity contribution in [2.45, 2.75) is 45.6 Å². The van der Waals surface area contributed by atoms with Gasteiger partial charge in [-0.05, 0) is 40.2 Å². The summed E-state index contributed by atoms with van der Waals surface area (Å²) < 4.78 is 0. The van der Waals surface area contributed by atoms with Gasteiger partial charge >= 0.3 is 0 Å². The Labute approximate surface area is 129 Å². The van der Waals surface area contributed by atoms with Gasteiger partial charge in [0.25, 0.3) is 0 Å². The van der Waals surface area contributed by atoms with Crippen LogP contribution in [0.25, 0.3) is 11.1 Å². The minimum absolute atomic E-state index is 0.377. The second kappa shape index (κ2) is 5.69. The van der Waals surface area contributed by atoms with E-state index in [0.29, 0.717) is 17.9 Å². The molecule has 2 heteroatoms. The molecule has 0 amide bonds. The third-order valence-corrected chi connectivity index (χ3v) is 4.40. The lowest BCUT2D eigenvalue weighted by Crippen LogP contribution is -2.42. The molecule has 3 rings (SSSR count). The molecule has 107 valence electrons. The zero-order valence-electron chi connectivity index (χ0n) is 13.4. The van der Waals surface area contributed by atoms with Crippen molar-refractivity contribution in [3.63, 3.8) is 0 Å². The first-order chi connectivity index (χ1) is 10.1. The van der Waals surface area contributed by atoms with Gasteiger partial charge in [-0.15, -0.1) is 0 Å². The summed E-state index contributed by atoms with van der Waals surface area (Å²) >= 11 is 0. The predicted octanol–water partition coefficient (Wildman–Crippen LogP) is 4.49. The number of hydrogen-bond acceptors (Lipinski definition) is 1. The number of hydrogen-bond donors (Lipinski definition) is 0. The summed E-state index contributed by atoms with van der Waals surface area (Å²) in [7, 11) is 2.43. The van der Waals surface area contributed by atoms with E-state index in [-0.39, 0.29) is 0 Å². The smallest absolute Gasteiger partial charge is 0.221 e. The SMILES string of the molecule is CC(C)N([B]C1c2ccccc2-c2ccccc21)C(C)C. The number of rotatable bonds is 4. The van der Waals surface area contributed by atoms with Crippen molar-refractivity contribution < 1.29 is 0 Å². The molecule has 0 saturated heterocycles. The topological polar surface area (TPSA) is 3.24 Å². The summed E-state index contributed by atoms with van der Waals surface area (Å²) in [6.07, 6.45) is 0. The molecule has 1 nitrogen and oxygen atoms in total. The Kier molecular flexibility index (Phi) is 3.90. The molecule has 0 N–H and O–H groups in total. The Morgan fingerprint density at radius 1 is 0.762 bits per heavy atom. The number of nitrogens with zero attached hydrogens (tertiary/aromatic N) is 1. The van der Waals surface area contributed by atoms with Crippen LogP contribution in [0.4, 0.5) is 0 Å².